The van der Waals surface area contributed by atoms with Gasteiger partial charge in [-0.05, 0) is 23.8 Å². The third kappa shape index (κ3) is 4.25. The molecule has 1 aliphatic heterocycles. The molecule has 4 rings (SSSR count). The van der Waals surface area contributed by atoms with Crippen LogP contribution in [0.15, 0.2) is 64.3 Å². The van der Waals surface area contributed by atoms with Crippen molar-refractivity contribution in [3.63, 3.8) is 0 Å². The van der Waals surface area contributed by atoms with Crippen LogP contribution in [0.5, 0.6) is 11.5 Å². The van der Waals surface area contributed by atoms with Gasteiger partial charge >= 0.3 is 7.52 Å². The molecule has 1 atom stereocenters. The monoisotopic (exact) mass is 455 g/mol. The maximum absolute atomic E-state index is 13.0. The number of primary amides is 1. The number of hydrogen-bond donors (Lipinski definition) is 4. The zero-order valence-corrected chi connectivity index (χ0v) is 17.4. The molecule has 32 heavy (non-hydrogen) atoms. The summed E-state index contributed by atoms with van der Waals surface area (Å²) in [5.74, 6) is -1.31. The minimum Gasteiger partial charge on any atom is -0.505 e. The van der Waals surface area contributed by atoms with Crippen molar-refractivity contribution in [2.45, 2.75) is 6.54 Å². The summed E-state index contributed by atoms with van der Waals surface area (Å²) in [4.78, 5) is 34.4. The largest absolute Gasteiger partial charge is 0.505 e. The fourth-order valence-corrected chi connectivity index (χ4v) is 4.40. The molecule has 0 fully saturated rings. The van der Waals surface area contributed by atoms with Crippen molar-refractivity contribution in [2.24, 2.45) is 10.5 Å². The van der Waals surface area contributed by atoms with Crippen LogP contribution in [0.4, 0.5) is 5.69 Å². The molecular weight excluding hydrogens is 437 g/mol. The molecule has 0 saturated carbocycles. The number of benzene rings is 2. The molecular formula is C20H18N5O6P. The van der Waals surface area contributed by atoms with Gasteiger partial charge in [0.15, 0.2) is 18.2 Å². The average Bonchev–Trinajstić information content (AvgIpc) is 2.75. The Balaban J connectivity index is 1.71. The summed E-state index contributed by atoms with van der Waals surface area (Å²) in [7, 11) is -4.34. The first-order chi connectivity index (χ1) is 15.2. The van der Waals surface area contributed by atoms with E-state index in [0.29, 0.717) is 0 Å². The summed E-state index contributed by atoms with van der Waals surface area (Å²) < 4.78 is 23.0. The number of anilines is 1. The van der Waals surface area contributed by atoms with Crippen LogP contribution in [-0.2, 0) is 15.9 Å². The fraction of sp³-hybridized carbons (Fsp3) is 0.100. The number of fused-ring (bicyclic) bond motifs is 1. The Kier molecular flexibility index (Phi) is 5.52. The van der Waals surface area contributed by atoms with E-state index in [1.54, 1.807) is 0 Å². The number of amidine groups is 1. The highest BCUT2D eigenvalue weighted by Gasteiger charge is 2.33. The number of hydrogen-bond acceptors (Lipinski definition) is 7. The number of carbonyl (C=O) groups excluding carboxylic acids is 1. The van der Waals surface area contributed by atoms with Crippen LogP contribution in [-0.4, -0.2) is 38.1 Å². The highest BCUT2D eigenvalue weighted by atomic mass is 31.2. The van der Waals surface area contributed by atoms with E-state index < -0.39 is 31.3 Å². The van der Waals surface area contributed by atoms with E-state index >= 15 is 0 Å². The van der Waals surface area contributed by atoms with Gasteiger partial charge in [0.1, 0.15) is 11.3 Å². The molecule has 1 aromatic heterocycles. The second-order valence-corrected chi connectivity index (χ2v) is 8.67. The first-order valence-electron chi connectivity index (χ1n) is 9.34. The average molecular weight is 455 g/mol. The first-order valence-corrected chi connectivity index (χ1v) is 10.9. The Morgan fingerprint density at radius 2 is 1.97 bits per heavy atom. The van der Waals surface area contributed by atoms with Gasteiger partial charge in [-0.3, -0.25) is 14.2 Å². The molecule has 1 aliphatic rings. The highest BCUT2D eigenvalue weighted by molar-refractivity contribution is 7.65. The van der Waals surface area contributed by atoms with Crippen LogP contribution in [0.3, 0.4) is 0 Å². The minimum absolute atomic E-state index is 0.0821. The summed E-state index contributed by atoms with van der Waals surface area (Å²) >= 11 is 0. The third-order valence-electron chi connectivity index (χ3n) is 4.59. The van der Waals surface area contributed by atoms with Crippen molar-refractivity contribution < 1.29 is 24.1 Å². The van der Waals surface area contributed by atoms with Crippen LogP contribution >= 0.6 is 7.52 Å². The second kappa shape index (κ2) is 8.29. The lowest BCUT2D eigenvalue weighted by Gasteiger charge is -2.22. The molecule has 1 amide bonds. The summed E-state index contributed by atoms with van der Waals surface area (Å²) in [6.45, 7) is -0.267. The molecule has 2 heterocycles. The Morgan fingerprint density at radius 3 is 2.69 bits per heavy atom. The van der Waals surface area contributed by atoms with Crippen LogP contribution in [0.2, 0.25) is 0 Å². The van der Waals surface area contributed by atoms with Crippen LogP contribution < -0.4 is 26.7 Å². The minimum atomic E-state index is -4.34. The van der Waals surface area contributed by atoms with E-state index in [1.807, 2.05) is 30.3 Å². The number of aromatic nitrogens is 2. The normalized spacial score (nSPS) is 17.1. The lowest BCUT2D eigenvalue weighted by atomic mass is 10.2. The van der Waals surface area contributed by atoms with Crippen molar-refractivity contribution in [3.05, 3.63) is 76.2 Å². The molecule has 0 radical (unpaired) electrons. The van der Waals surface area contributed by atoms with E-state index in [2.05, 4.69) is 15.2 Å². The zero-order chi connectivity index (χ0) is 22.9. The molecule has 0 bridgehead atoms. The number of nitrogens with one attached hydrogen (secondary N) is 1. The van der Waals surface area contributed by atoms with Crippen molar-refractivity contribution in [2.75, 3.05) is 11.9 Å². The maximum atomic E-state index is 13.0. The number of nitrogens with two attached hydrogens (primary N) is 1. The Bertz CT molecular complexity index is 1340. The number of rotatable bonds is 6. The summed E-state index contributed by atoms with van der Waals surface area (Å²) in [5.41, 5.74) is 5.06. The highest BCUT2D eigenvalue weighted by Crippen LogP contribution is 2.47. The van der Waals surface area contributed by atoms with E-state index in [4.69, 9.17) is 10.5 Å². The number of ether oxygens (including phenoxy) is 1. The smallest absolute Gasteiger partial charge is 0.346 e. The SMILES string of the molecule is NC(=O)COc1ccc2c(c1)P(=O)(O)N=C(c1c(O)cnn(Cc3ccccc3)c1=O)N2. The third-order valence-corrected chi connectivity index (χ3v) is 6.06. The van der Waals surface area contributed by atoms with Gasteiger partial charge in [-0.2, -0.15) is 9.86 Å². The van der Waals surface area contributed by atoms with Gasteiger partial charge in [0, 0.05) is 0 Å². The van der Waals surface area contributed by atoms with Gasteiger partial charge < -0.3 is 25.8 Å². The lowest BCUT2D eigenvalue weighted by molar-refractivity contribution is -0.119. The van der Waals surface area contributed by atoms with Crippen LogP contribution in [0.1, 0.15) is 11.1 Å². The van der Waals surface area contributed by atoms with Crippen molar-refractivity contribution in [1.82, 2.24) is 9.78 Å². The van der Waals surface area contributed by atoms with Crippen molar-refractivity contribution >= 4 is 30.3 Å². The molecule has 0 aliphatic carbocycles. The molecule has 5 N–H and O–H groups in total. The van der Waals surface area contributed by atoms with Gasteiger partial charge in [-0.1, -0.05) is 30.3 Å². The van der Waals surface area contributed by atoms with Crippen LogP contribution in [0, 0.1) is 0 Å². The molecule has 2 aromatic carbocycles. The molecule has 0 saturated heterocycles. The van der Waals surface area contributed by atoms with Gasteiger partial charge in [-0.15, -0.1) is 0 Å². The van der Waals surface area contributed by atoms with E-state index in [0.717, 1.165) is 16.4 Å². The quantitative estimate of drug-likeness (QED) is 0.391. The number of carbonyl (C=O) groups is 1. The number of amides is 1. The van der Waals surface area contributed by atoms with Gasteiger partial charge in [0.2, 0.25) is 0 Å². The summed E-state index contributed by atoms with van der Waals surface area (Å²) in [5, 5.41) is 16.9. The predicted octanol–water partition coefficient (Wildman–Crippen LogP) is 0.544. The van der Waals surface area contributed by atoms with Gasteiger partial charge in [0.05, 0.1) is 23.7 Å². The molecule has 12 heteroatoms. The van der Waals surface area contributed by atoms with E-state index in [1.165, 1.54) is 18.2 Å². The Morgan fingerprint density at radius 1 is 1.22 bits per heavy atom. The summed E-state index contributed by atoms with van der Waals surface area (Å²) in [6, 6.07) is 13.2. The second-order valence-electron chi connectivity index (χ2n) is 6.90. The number of aromatic hydroxyl groups is 1. The Labute approximate surface area is 181 Å². The lowest BCUT2D eigenvalue weighted by Crippen LogP contribution is -2.34. The first kappa shape index (κ1) is 21.3. The van der Waals surface area contributed by atoms with Crippen LogP contribution in [0.25, 0.3) is 0 Å². The Hall–Kier alpha value is -3.95. The molecule has 11 nitrogen and oxygen atoms in total. The van der Waals surface area contributed by atoms with Gasteiger partial charge in [0.25, 0.3) is 11.5 Å². The molecule has 3 aromatic rings. The van der Waals surface area contributed by atoms with Crippen molar-refractivity contribution in [3.8, 4) is 11.5 Å². The van der Waals surface area contributed by atoms with Gasteiger partial charge in [-0.25, -0.2) is 4.68 Å². The molecule has 164 valence electrons. The predicted molar refractivity (Wildman–Crippen MR) is 116 cm³/mol. The molecule has 1 unspecified atom stereocenters. The topological polar surface area (TPSA) is 169 Å². The molecule has 0 spiro atoms. The number of nitrogens with zero attached hydrogens (tertiary/aromatic N) is 3. The van der Waals surface area contributed by atoms with E-state index in [-0.39, 0.29) is 34.7 Å². The zero-order valence-electron chi connectivity index (χ0n) is 16.5. The fourth-order valence-electron chi connectivity index (χ4n) is 3.13. The summed E-state index contributed by atoms with van der Waals surface area (Å²) in [6.07, 6.45) is 1.07. The standard InChI is InChI=1S/C20H18N5O6P/c21-17(27)11-31-13-6-7-14-16(8-13)32(29,30)24-19(23-14)18-15(26)9-22-25(20(18)28)10-12-4-2-1-3-5-12/h1-9,26H,10-11H2,(H2,21,27)(H2,23,24,29,30). The maximum Gasteiger partial charge on any atom is 0.346 e. The van der Waals surface area contributed by atoms with Crippen molar-refractivity contribution in [1.29, 1.82) is 0 Å². The van der Waals surface area contributed by atoms with E-state index in [9.17, 15) is 24.2 Å².